The quantitative estimate of drug-likeness (QED) is 0.779. The van der Waals surface area contributed by atoms with Crippen LogP contribution in [0, 0.1) is 5.41 Å². The predicted octanol–water partition coefficient (Wildman–Crippen LogP) is 2.85. The first-order valence-electron chi connectivity index (χ1n) is 6.67. The third-order valence-electron chi connectivity index (χ3n) is 4.41. The molecule has 0 saturated heterocycles. The van der Waals surface area contributed by atoms with E-state index in [9.17, 15) is 0 Å². The summed E-state index contributed by atoms with van der Waals surface area (Å²) < 4.78 is 5.97. The Morgan fingerprint density at radius 2 is 1.87 bits per heavy atom. The van der Waals surface area contributed by atoms with Crippen molar-refractivity contribution in [2.45, 2.75) is 70.4 Å². The number of hydrogen-bond acceptors (Lipinski definition) is 2. The molecule has 2 aliphatic carbocycles. The van der Waals surface area contributed by atoms with Crippen LogP contribution in [0.25, 0.3) is 0 Å². The molecule has 0 radical (unpaired) electrons. The van der Waals surface area contributed by atoms with E-state index in [1.807, 2.05) is 0 Å². The fourth-order valence-electron chi connectivity index (χ4n) is 3.35. The number of rotatable bonds is 3. The van der Waals surface area contributed by atoms with Gasteiger partial charge < -0.3 is 10.5 Å². The minimum Gasteiger partial charge on any atom is -0.378 e. The van der Waals surface area contributed by atoms with E-state index in [2.05, 4.69) is 6.92 Å². The molecule has 2 aliphatic rings. The van der Waals surface area contributed by atoms with Crippen molar-refractivity contribution in [1.82, 2.24) is 0 Å². The zero-order valence-corrected chi connectivity index (χ0v) is 10.0. The van der Waals surface area contributed by atoms with E-state index in [0.717, 1.165) is 19.4 Å². The molecule has 0 bridgehead atoms. The highest BCUT2D eigenvalue weighted by Crippen LogP contribution is 2.51. The van der Waals surface area contributed by atoms with Crippen LogP contribution in [-0.2, 0) is 4.74 Å². The molecule has 0 aromatic heterocycles. The third kappa shape index (κ3) is 2.07. The Labute approximate surface area is 93.6 Å². The fraction of sp³-hybridized carbons (Fsp3) is 1.00. The monoisotopic (exact) mass is 211 g/mol. The highest BCUT2D eigenvalue weighted by molar-refractivity contribution is 5.06. The van der Waals surface area contributed by atoms with Crippen LogP contribution >= 0.6 is 0 Å². The van der Waals surface area contributed by atoms with Gasteiger partial charge in [-0.05, 0) is 25.7 Å². The van der Waals surface area contributed by atoms with Gasteiger partial charge in [-0.1, -0.05) is 32.6 Å². The minimum atomic E-state index is 0.367. The van der Waals surface area contributed by atoms with Crippen LogP contribution in [0.5, 0.6) is 0 Å². The van der Waals surface area contributed by atoms with Gasteiger partial charge in [0.15, 0.2) is 0 Å². The Bertz CT molecular complexity index is 197. The van der Waals surface area contributed by atoms with Gasteiger partial charge in [0.05, 0.1) is 6.10 Å². The minimum absolute atomic E-state index is 0.367. The second kappa shape index (κ2) is 4.84. The van der Waals surface area contributed by atoms with Crippen LogP contribution in [0.1, 0.15) is 58.3 Å². The Morgan fingerprint density at radius 3 is 2.40 bits per heavy atom. The summed E-state index contributed by atoms with van der Waals surface area (Å²) in [5.41, 5.74) is 6.61. The van der Waals surface area contributed by atoms with Crippen molar-refractivity contribution < 1.29 is 4.74 Å². The number of nitrogens with two attached hydrogens (primary N) is 1. The molecule has 0 aromatic carbocycles. The van der Waals surface area contributed by atoms with Crippen molar-refractivity contribution in [3.8, 4) is 0 Å². The molecule has 2 saturated carbocycles. The highest BCUT2D eigenvalue weighted by Gasteiger charge is 2.53. The summed E-state index contributed by atoms with van der Waals surface area (Å²) in [6.07, 6.45) is 10.8. The van der Waals surface area contributed by atoms with Gasteiger partial charge in [-0.25, -0.2) is 0 Å². The standard InChI is InChI=1S/C13H25NO/c1-2-9-15-12-10-11(14)13(12)7-5-3-4-6-8-13/h11-12H,2-10,14H2,1H3. The summed E-state index contributed by atoms with van der Waals surface area (Å²) in [6.45, 7) is 3.09. The lowest BCUT2D eigenvalue weighted by atomic mass is 9.58. The maximum Gasteiger partial charge on any atom is 0.0661 e. The summed E-state index contributed by atoms with van der Waals surface area (Å²) >= 11 is 0. The van der Waals surface area contributed by atoms with Gasteiger partial charge in [0.2, 0.25) is 0 Å². The average Bonchev–Trinajstić information content (AvgIpc) is 2.51. The molecule has 0 heterocycles. The number of ether oxygens (including phenoxy) is 1. The largest absolute Gasteiger partial charge is 0.378 e. The molecule has 2 unspecified atom stereocenters. The third-order valence-corrected chi connectivity index (χ3v) is 4.41. The lowest BCUT2D eigenvalue weighted by molar-refractivity contribution is -0.134. The Balaban J connectivity index is 1.95. The Morgan fingerprint density at radius 1 is 1.20 bits per heavy atom. The zero-order valence-electron chi connectivity index (χ0n) is 10.0. The van der Waals surface area contributed by atoms with Gasteiger partial charge in [-0.2, -0.15) is 0 Å². The van der Waals surface area contributed by atoms with Crippen LogP contribution in [0.3, 0.4) is 0 Å². The number of hydrogen-bond donors (Lipinski definition) is 1. The van der Waals surface area contributed by atoms with E-state index < -0.39 is 0 Å². The van der Waals surface area contributed by atoms with E-state index in [1.54, 1.807) is 0 Å². The average molecular weight is 211 g/mol. The fourth-order valence-corrected chi connectivity index (χ4v) is 3.35. The molecule has 1 spiro atoms. The van der Waals surface area contributed by atoms with Crippen molar-refractivity contribution in [1.29, 1.82) is 0 Å². The van der Waals surface area contributed by atoms with E-state index in [1.165, 1.54) is 38.5 Å². The van der Waals surface area contributed by atoms with Gasteiger partial charge in [0.1, 0.15) is 0 Å². The second-order valence-corrected chi connectivity index (χ2v) is 5.35. The Kier molecular flexibility index (Phi) is 3.68. The zero-order chi connectivity index (χ0) is 10.7. The first kappa shape index (κ1) is 11.4. The van der Waals surface area contributed by atoms with Gasteiger partial charge in [-0.3, -0.25) is 0 Å². The molecule has 2 N–H and O–H groups in total. The van der Waals surface area contributed by atoms with Crippen LogP contribution in [0.4, 0.5) is 0 Å². The van der Waals surface area contributed by atoms with Crippen LogP contribution in [-0.4, -0.2) is 18.8 Å². The maximum atomic E-state index is 6.24. The Hall–Kier alpha value is -0.0800. The summed E-state index contributed by atoms with van der Waals surface area (Å²) in [6, 6.07) is 0.414. The van der Waals surface area contributed by atoms with Crippen LogP contribution in [0.2, 0.25) is 0 Å². The molecule has 2 nitrogen and oxygen atoms in total. The summed E-state index contributed by atoms with van der Waals surface area (Å²) in [5.74, 6) is 0. The van der Waals surface area contributed by atoms with E-state index >= 15 is 0 Å². The molecule has 0 amide bonds. The van der Waals surface area contributed by atoms with Crippen LogP contribution in [0.15, 0.2) is 0 Å². The van der Waals surface area contributed by atoms with Gasteiger partial charge in [0.25, 0.3) is 0 Å². The first-order chi connectivity index (χ1) is 7.29. The lowest BCUT2D eigenvalue weighted by Crippen LogP contribution is -2.62. The van der Waals surface area contributed by atoms with Crippen LogP contribution < -0.4 is 5.73 Å². The SMILES string of the molecule is CCCOC1CC(N)C12CCCCCC2. The molecular formula is C13H25NO. The highest BCUT2D eigenvalue weighted by atomic mass is 16.5. The molecule has 0 aromatic rings. The first-order valence-corrected chi connectivity index (χ1v) is 6.67. The molecule has 2 rings (SSSR count). The molecule has 2 heteroatoms. The van der Waals surface area contributed by atoms with E-state index in [4.69, 9.17) is 10.5 Å². The molecule has 2 fully saturated rings. The summed E-state index contributed by atoms with van der Waals surface area (Å²) in [4.78, 5) is 0. The lowest BCUT2D eigenvalue weighted by Gasteiger charge is -2.54. The maximum absolute atomic E-state index is 6.24. The van der Waals surface area contributed by atoms with Gasteiger partial charge in [-0.15, -0.1) is 0 Å². The second-order valence-electron chi connectivity index (χ2n) is 5.35. The van der Waals surface area contributed by atoms with Crippen molar-refractivity contribution in [3.05, 3.63) is 0 Å². The van der Waals surface area contributed by atoms with Gasteiger partial charge >= 0.3 is 0 Å². The normalized spacial score (nSPS) is 34.8. The molecule has 88 valence electrons. The molecule has 15 heavy (non-hydrogen) atoms. The summed E-state index contributed by atoms with van der Waals surface area (Å²) in [7, 11) is 0. The summed E-state index contributed by atoms with van der Waals surface area (Å²) in [5, 5.41) is 0. The van der Waals surface area contributed by atoms with Crippen molar-refractivity contribution in [2.24, 2.45) is 11.1 Å². The van der Waals surface area contributed by atoms with E-state index in [-0.39, 0.29) is 0 Å². The smallest absolute Gasteiger partial charge is 0.0661 e. The van der Waals surface area contributed by atoms with E-state index in [0.29, 0.717) is 17.6 Å². The topological polar surface area (TPSA) is 35.2 Å². The molecule has 0 aliphatic heterocycles. The predicted molar refractivity (Wildman–Crippen MR) is 62.8 cm³/mol. The van der Waals surface area contributed by atoms with Crippen molar-refractivity contribution in [2.75, 3.05) is 6.61 Å². The molecule has 2 atom stereocenters. The van der Waals surface area contributed by atoms with Crippen molar-refractivity contribution in [3.63, 3.8) is 0 Å². The van der Waals surface area contributed by atoms with Gasteiger partial charge in [0, 0.05) is 18.1 Å². The van der Waals surface area contributed by atoms with Crippen molar-refractivity contribution >= 4 is 0 Å². The molecular weight excluding hydrogens is 186 g/mol.